The van der Waals surface area contributed by atoms with Crippen LogP contribution in [0.3, 0.4) is 0 Å². The summed E-state index contributed by atoms with van der Waals surface area (Å²) in [7, 11) is 0. The Morgan fingerprint density at radius 3 is 1.93 bits per heavy atom. The number of hydrogen-bond donors (Lipinski definition) is 0. The van der Waals surface area contributed by atoms with Crippen LogP contribution < -0.4 is 9.47 Å². The number of ether oxygens (including phenoxy) is 2. The van der Waals surface area contributed by atoms with Crippen molar-refractivity contribution in [1.29, 1.82) is 0 Å². The number of benzene rings is 3. The van der Waals surface area contributed by atoms with E-state index >= 15 is 0 Å². The second-order valence-electron chi connectivity index (χ2n) is 7.07. The first kappa shape index (κ1) is 19.7. The van der Waals surface area contributed by atoms with E-state index < -0.39 is 0 Å². The van der Waals surface area contributed by atoms with Crippen molar-refractivity contribution in [2.45, 2.75) is 12.8 Å². The minimum absolute atomic E-state index is 0.203. The van der Waals surface area contributed by atoms with Crippen molar-refractivity contribution in [3.05, 3.63) is 95.6 Å². The van der Waals surface area contributed by atoms with Crippen LogP contribution in [0.2, 0.25) is 0 Å². The van der Waals surface area contributed by atoms with E-state index in [1.807, 2.05) is 42.5 Å². The Kier molecular flexibility index (Phi) is 6.09. The monoisotopic (exact) mass is 401 g/mol. The number of rotatable bonds is 9. The molecule has 3 aromatic carbocycles. The van der Waals surface area contributed by atoms with E-state index in [0.29, 0.717) is 23.5 Å². The molecule has 5 heteroatoms. The molecule has 0 radical (unpaired) electrons. The zero-order valence-electron chi connectivity index (χ0n) is 16.6. The summed E-state index contributed by atoms with van der Waals surface area (Å²) in [4.78, 5) is 26.0. The molecule has 1 heterocycles. The number of amides is 2. The summed E-state index contributed by atoms with van der Waals surface area (Å²) in [5.41, 5.74) is 2.20. The van der Waals surface area contributed by atoms with Gasteiger partial charge >= 0.3 is 0 Å². The highest BCUT2D eigenvalue weighted by atomic mass is 16.5. The van der Waals surface area contributed by atoms with Gasteiger partial charge in [0.15, 0.2) is 0 Å². The first-order valence-electron chi connectivity index (χ1n) is 10.1. The first-order chi connectivity index (χ1) is 14.7. The molecule has 3 aromatic rings. The van der Waals surface area contributed by atoms with Crippen LogP contribution in [0.5, 0.6) is 11.5 Å². The number of fused-ring (bicyclic) bond motifs is 1. The molecule has 0 saturated heterocycles. The predicted molar refractivity (Wildman–Crippen MR) is 114 cm³/mol. The third-order valence-corrected chi connectivity index (χ3v) is 4.99. The molecule has 0 spiro atoms. The van der Waals surface area contributed by atoms with Gasteiger partial charge < -0.3 is 9.47 Å². The molecule has 152 valence electrons. The third-order valence-electron chi connectivity index (χ3n) is 4.99. The number of carbonyl (C=O) groups excluding carboxylic acids is 2. The van der Waals surface area contributed by atoms with E-state index in [0.717, 1.165) is 18.6 Å². The lowest BCUT2D eigenvalue weighted by Gasteiger charge is -2.15. The Morgan fingerprint density at radius 1 is 0.667 bits per heavy atom. The summed E-state index contributed by atoms with van der Waals surface area (Å²) in [6.07, 6.45) is 1.89. The van der Waals surface area contributed by atoms with Crippen LogP contribution in [-0.2, 0) is 6.42 Å². The lowest BCUT2D eigenvalue weighted by atomic mass is 10.1. The predicted octanol–water partition coefficient (Wildman–Crippen LogP) is 4.37. The molecule has 0 unspecified atom stereocenters. The quantitative estimate of drug-likeness (QED) is 0.395. The Morgan fingerprint density at radius 2 is 1.27 bits per heavy atom. The van der Waals surface area contributed by atoms with Crippen molar-refractivity contribution in [1.82, 2.24) is 4.90 Å². The largest absolute Gasteiger partial charge is 0.493 e. The molecular weight excluding hydrogens is 378 g/mol. The molecule has 0 N–H and O–H groups in total. The van der Waals surface area contributed by atoms with Gasteiger partial charge in [-0.2, -0.15) is 0 Å². The molecule has 5 nitrogen and oxygen atoms in total. The summed E-state index contributed by atoms with van der Waals surface area (Å²) in [5, 5.41) is 0. The summed E-state index contributed by atoms with van der Waals surface area (Å²) in [6.45, 7) is 1.05. The number of hydrogen-bond acceptors (Lipinski definition) is 4. The van der Waals surface area contributed by atoms with E-state index in [4.69, 9.17) is 9.47 Å². The maximum atomic E-state index is 12.4. The van der Waals surface area contributed by atoms with E-state index in [-0.39, 0.29) is 25.0 Å². The SMILES string of the molecule is O=C1c2ccccc2C(=O)N1CCOc1cccc(OCCCc2ccccc2)c1. The molecule has 0 saturated carbocycles. The fourth-order valence-corrected chi connectivity index (χ4v) is 3.46. The van der Waals surface area contributed by atoms with Crippen LogP contribution in [0.1, 0.15) is 32.7 Å². The van der Waals surface area contributed by atoms with Crippen LogP contribution in [0.4, 0.5) is 0 Å². The molecule has 30 heavy (non-hydrogen) atoms. The number of nitrogens with zero attached hydrogens (tertiary/aromatic N) is 1. The van der Waals surface area contributed by atoms with Crippen molar-refractivity contribution in [2.75, 3.05) is 19.8 Å². The zero-order chi connectivity index (χ0) is 20.8. The summed E-state index contributed by atoms with van der Waals surface area (Å²) < 4.78 is 11.6. The van der Waals surface area contributed by atoms with Crippen molar-refractivity contribution in [3.63, 3.8) is 0 Å². The molecule has 1 aliphatic rings. The van der Waals surface area contributed by atoms with Gasteiger partial charge in [-0.05, 0) is 42.7 Å². The number of imide groups is 1. The minimum Gasteiger partial charge on any atom is -0.493 e. The highest BCUT2D eigenvalue weighted by Gasteiger charge is 2.34. The zero-order valence-corrected chi connectivity index (χ0v) is 16.6. The minimum atomic E-state index is -0.269. The third kappa shape index (κ3) is 4.51. The Balaban J connectivity index is 1.24. The van der Waals surface area contributed by atoms with E-state index in [9.17, 15) is 9.59 Å². The lowest BCUT2D eigenvalue weighted by molar-refractivity contribution is 0.0631. The molecule has 4 rings (SSSR count). The van der Waals surface area contributed by atoms with Gasteiger partial charge in [-0.25, -0.2) is 0 Å². The molecule has 2 amide bonds. The number of carbonyl (C=O) groups is 2. The molecule has 1 aliphatic heterocycles. The Hall–Kier alpha value is -3.60. The smallest absolute Gasteiger partial charge is 0.261 e. The molecule has 0 bridgehead atoms. The van der Waals surface area contributed by atoms with Gasteiger partial charge in [-0.1, -0.05) is 48.5 Å². The summed E-state index contributed by atoms with van der Waals surface area (Å²) in [6, 6.07) is 24.6. The van der Waals surface area contributed by atoms with Gasteiger partial charge in [-0.15, -0.1) is 0 Å². The fraction of sp³-hybridized carbons (Fsp3) is 0.200. The molecular formula is C25H23NO4. The molecule has 0 aliphatic carbocycles. The van der Waals surface area contributed by atoms with Crippen LogP contribution >= 0.6 is 0 Å². The van der Waals surface area contributed by atoms with Crippen LogP contribution in [0, 0.1) is 0 Å². The second kappa shape index (κ2) is 9.27. The van der Waals surface area contributed by atoms with Crippen molar-refractivity contribution in [2.24, 2.45) is 0 Å². The molecule has 0 fully saturated rings. The van der Waals surface area contributed by atoms with Gasteiger partial charge in [0.25, 0.3) is 11.8 Å². The number of aryl methyl sites for hydroxylation is 1. The summed E-state index contributed by atoms with van der Waals surface area (Å²) in [5.74, 6) is 0.845. The standard InChI is InChI=1S/C25H23NO4/c27-24-22-13-4-5-14-23(22)25(28)26(24)15-17-30-21-12-6-11-20(18-21)29-16-7-10-19-8-2-1-3-9-19/h1-6,8-9,11-14,18H,7,10,15-17H2. The average Bonchev–Trinajstić information content (AvgIpc) is 3.03. The van der Waals surface area contributed by atoms with Gasteiger partial charge in [0, 0.05) is 6.07 Å². The lowest BCUT2D eigenvalue weighted by Crippen LogP contribution is -2.33. The van der Waals surface area contributed by atoms with Crippen molar-refractivity contribution >= 4 is 11.8 Å². The maximum absolute atomic E-state index is 12.4. The molecule has 0 atom stereocenters. The van der Waals surface area contributed by atoms with Crippen molar-refractivity contribution < 1.29 is 19.1 Å². The summed E-state index contributed by atoms with van der Waals surface area (Å²) >= 11 is 0. The second-order valence-corrected chi connectivity index (χ2v) is 7.07. The van der Waals surface area contributed by atoms with Gasteiger partial charge in [0.05, 0.1) is 24.3 Å². The van der Waals surface area contributed by atoms with Crippen LogP contribution in [-0.4, -0.2) is 36.5 Å². The van der Waals surface area contributed by atoms with E-state index in [2.05, 4.69) is 12.1 Å². The highest BCUT2D eigenvalue weighted by Crippen LogP contribution is 2.23. The Labute approximate surface area is 175 Å². The van der Waals surface area contributed by atoms with E-state index in [1.54, 1.807) is 24.3 Å². The van der Waals surface area contributed by atoms with Crippen LogP contribution in [0.25, 0.3) is 0 Å². The topological polar surface area (TPSA) is 55.8 Å². The van der Waals surface area contributed by atoms with Gasteiger partial charge in [-0.3, -0.25) is 14.5 Å². The Bertz CT molecular complexity index is 997. The first-order valence-corrected chi connectivity index (χ1v) is 10.1. The normalized spacial score (nSPS) is 12.7. The van der Waals surface area contributed by atoms with Crippen molar-refractivity contribution in [3.8, 4) is 11.5 Å². The maximum Gasteiger partial charge on any atom is 0.261 e. The van der Waals surface area contributed by atoms with Gasteiger partial charge in [0.2, 0.25) is 0 Å². The van der Waals surface area contributed by atoms with Gasteiger partial charge in [0.1, 0.15) is 18.1 Å². The molecule has 0 aromatic heterocycles. The average molecular weight is 401 g/mol. The fourth-order valence-electron chi connectivity index (χ4n) is 3.46. The van der Waals surface area contributed by atoms with Crippen LogP contribution in [0.15, 0.2) is 78.9 Å². The highest BCUT2D eigenvalue weighted by molar-refractivity contribution is 6.21. The van der Waals surface area contributed by atoms with E-state index in [1.165, 1.54) is 10.5 Å².